The minimum absolute atomic E-state index is 0.165. The number of phenols is 1. The molecule has 0 fully saturated rings. The Balaban J connectivity index is 1.69. The van der Waals surface area contributed by atoms with Gasteiger partial charge in [-0.1, -0.05) is 33.3 Å². The van der Waals surface area contributed by atoms with Crippen molar-refractivity contribution in [2.24, 2.45) is 0 Å². The summed E-state index contributed by atoms with van der Waals surface area (Å²) >= 11 is 9.79. The zero-order valence-electron chi connectivity index (χ0n) is 11.5. The first-order valence-electron chi connectivity index (χ1n) is 6.49. The molecule has 3 aromatic rings. The Labute approximate surface area is 149 Å². The van der Waals surface area contributed by atoms with E-state index in [1.807, 2.05) is 6.07 Å². The quantitative estimate of drug-likeness (QED) is 0.561. The zero-order valence-corrected chi connectivity index (χ0v) is 14.8. The average Bonchev–Trinajstić information content (AvgIpc) is 2.88. The van der Waals surface area contributed by atoms with E-state index in [2.05, 4.69) is 31.5 Å². The highest BCUT2D eigenvalue weighted by molar-refractivity contribution is 9.10. The second-order valence-corrected chi connectivity index (χ2v) is 6.94. The van der Waals surface area contributed by atoms with E-state index in [1.165, 1.54) is 11.3 Å². The molecule has 1 heterocycles. The van der Waals surface area contributed by atoms with Gasteiger partial charge in [0.25, 0.3) is 5.91 Å². The van der Waals surface area contributed by atoms with Crippen LogP contribution in [0.4, 0.5) is 5.13 Å². The second kappa shape index (κ2) is 6.61. The van der Waals surface area contributed by atoms with Gasteiger partial charge >= 0.3 is 0 Å². The summed E-state index contributed by atoms with van der Waals surface area (Å²) in [5.74, 6) is -0.124. The number of benzene rings is 2. The number of halogens is 1. The van der Waals surface area contributed by atoms with Gasteiger partial charge in [0.2, 0.25) is 0 Å². The molecule has 0 saturated carbocycles. The molecule has 0 spiro atoms. The van der Waals surface area contributed by atoms with Crippen molar-refractivity contribution in [3.63, 3.8) is 0 Å². The van der Waals surface area contributed by atoms with Gasteiger partial charge < -0.3 is 10.4 Å². The molecular weight excluding hydrogens is 398 g/mol. The van der Waals surface area contributed by atoms with Gasteiger partial charge in [0.05, 0.1) is 10.2 Å². The monoisotopic (exact) mass is 407 g/mol. The molecule has 1 amide bonds. The first-order chi connectivity index (χ1) is 11.0. The Kier molecular flexibility index (Phi) is 4.56. The summed E-state index contributed by atoms with van der Waals surface area (Å²) in [6.45, 7) is 0. The summed E-state index contributed by atoms with van der Waals surface area (Å²) in [5, 5.41) is 15.7. The van der Waals surface area contributed by atoms with E-state index < -0.39 is 0 Å². The number of amides is 1. The van der Waals surface area contributed by atoms with Crippen molar-refractivity contribution in [1.82, 2.24) is 10.3 Å². The topological polar surface area (TPSA) is 74.2 Å². The number of fused-ring (bicyclic) bond motifs is 1. The summed E-state index contributed by atoms with van der Waals surface area (Å²) in [6.07, 6.45) is 0. The SMILES string of the molecule is O=C(NC(=S)Nc1nc2ccc(O)cc2s1)c1cccc(Br)c1. The molecule has 1 aromatic heterocycles. The van der Waals surface area contributed by atoms with E-state index in [9.17, 15) is 9.90 Å². The minimum atomic E-state index is -0.303. The smallest absolute Gasteiger partial charge is 0.257 e. The number of hydrogen-bond acceptors (Lipinski definition) is 5. The number of aromatic hydroxyl groups is 1. The fraction of sp³-hybridized carbons (Fsp3) is 0. The molecule has 0 atom stereocenters. The largest absolute Gasteiger partial charge is 0.508 e. The molecule has 8 heteroatoms. The Morgan fingerprint density at radius 3 is 2.87 bits per heavy atom. The number of thiocarbonyl (C=S) groups is 1. The number of phenolic OH excluding ortho intramolecular Hbond substituents is 1. The van der Waals surface area contributed by atoms with Gasteiger partial charge in [-0.25, -0.2) is 4.98 Å². The molecule has 0 aliphatic rings. The van der Waals surface area contributed by atoms with Gasteiger partial charge in [-0.05, 0) is 48.6 Å². The maximum atomic E-state index is 12.1. The van der Waals surface area contributed by atoms with Gasteiger partial charge in [-0.3, -0.25) is 10.1 Å². The lowest BCUT2D eigenvalue weighted by Gasteiger charge is -2.07. The van der Waals surface area contributed by atoms with Gasteiger partial charge in [0.15, 0.2) is 10.2 Å². The third-order valence-corrected chi connectivity index (χ3v) is 4.54. The predicted octanol–water partition coefficient (Wildman–Crippen LogP) is 3.89. The number of aromatic nitrogens is 1. The minimum Gasteiger partial charge on any atom is -0.508 e. The highest BCUT2D eigenvalue weighted by Crippen LogP contribution is 2.28. The summed E-state index contributed by atoms with van der Waals surface area (Å²) < 4.78 is 1.64. The van der Waals surface area contributed by atoms with Crippen molar-refractivity contribution in [2.45, 2.75) is 0 Å². The number of carbonyl (C=O) groups excluding carboxylic acids is 1. The van der Waals surface area contributed by atoms with E-state index in [1.54, 1.807) is 36.4 Å². The van der Waals surface area contributed by atoms with Crippen LogP contribution in [0.1, 0.15) is 10.4 Å². The van der Waals surface area contributed by atoms with Crippen LogP contribution in [-0.2, 0) is 0 Å². The lowest BCUT2D eigenvalue weighted by atomic mass is 10.2. The molecule has 3 N–H and O–H groups in total. The maximum absolute atomic E-state index is 12.1. The fourth-order valence-electron chi connectivity index (χ4n) is 1.90. The normalized spacial score (nSPS) is 10.5. The predicted molar refractivity (Wildman–Crippen MR) is 99.1 cm³/mol. The highest BCUT2D eigenvalue weighted by Gasteiger charge is 2.10. The van der Waals surface area contributed by atoms with Crippen LogP contribution in [0.25, 0.3) is 10.2 Å². The average molecular weight is 408 g/mol. The standard InChI is InChI=1S/C15H10BrN3O2S2/c16-9-3-1-2-8(6-9)13(21)18-14(22)19-15-17-11-5-4-10(20)7-12(11)23-15/h1-7,20H,(H2,17,18,19,21,22). The number of rotatable bonds is 2. The van der Waals surface area contributed by atoms with Crippen LogP contribution < -0.4 is 10.6 Å². The van der Waals surface area contributed by atoms with Crippen molar-refractivity contribution >= 4 is 65.9 Å². The molecule has 0 radical (unpaired) electrons. The molecule has 3 rings (SSSR count). The van der Waals surface area contributed by atoms with Crippen molar-refractivity contribution in [3.05, 3.63) is 52.5 Å². The van der Waals surface area contributed by atoms with E-state index >= 15 is 0 Å². The molecule has 5 nitrogen and oxygen atoms in total. The first-order valence-corrected chi connectivity index (χ1v) is 8.50. The summed E-state index contributed by atoms with van der Waals surface area (Å²) in [6, 6.07) is 11.9. The maximum Gasteiger partial charge on any atom is 0.257 e. The zero-order chi connectivity index (χ0) is 16.4. The van der Waals surface area contributed by atoms with E-state index in [4.69, 9.17) is 12.2 Å². The third-order valence-electron chi connectivity index (χ3n) is 2.91. The van der Waals surface area contributed by atoms with Crippen LogP contribution in [0.2, 0.25) is 0 Å². The van der Waals surface area contributed by atoms with Crippen molar-refractivity contribution in [1.29, 1.82) is 0 Å². The molecule has 23 heavy (non-hydrogen) atoms. The lowest BCUT2D eigenvalue weighted by molar-refractivity contribution is 0.0977. The lowest BCUT2D eigenvalue weighted by Crippen LogP contribution is -2.34. The van der Waals surface area contributed by atoms with Gasteiger partial charge in [0, 0.05) is 10.0 Å². The van der Waals surface area contributed by atoms with Crippen molar-refractivity contribution < 1.29 is 9.90 Å². The van der Waals surface area contributed by atoms with Gasteiger partial charge in [-0.2, -0.15) is 0 Å². The first kappa shape index (κ1) is 15.9. The number of thiazole rings is 1. The van der Waals surface area contributed by atoms with Crippen LogP contribution >= 0.6 is 39.5 Å². The molecule has 0 aliphatic carbocycles. The Morgan fingerprint density at radius 2 is 2.09 bits per heavy atom. The Morgan fingerprint density at radius 1 is 1.26 bits per heavy atom. The molecule has 2 aromatic carbocycles. The van der Waals surface area contributed by atoms with Crippen LogP contribution in [0.3, 0.4) is 0 Å². The Hall–Kier alpha value is -2.03. The molecule has 0 aliphatic heterocycles. The van der Waals surface area contributed by atoms with Crippen molar-refractivity contribution in [3.8, 4) is 5.75 Å². The Bertz CT molecular complexity index is 911. The summed E-state index contributed by atoms with van der Waals surface area (Å²) in [7, 11) is 0. The van der Waals surface area contributed by atoms with E-state index in [0.29, 0.717) is 10.7 Å². The summed E-state index contributed by atoms with van der Waals surface area (Å²) in [4.78, 5) is 16.4. The van der Waals surface area contributed by atoms with Crippen LogP contribution in [0.15, 0.2) is 46.9 Å². The van der Waals surface area contributed by atoms with Crippen LogP contribution in [-0.4, -0.2) is 21.1 Å². The van der Waals surface area contributed by atoms with Crippen LogP contribution in [0.5, 0.6) is 5.75 Å². The fourth-order valence-corrected chi connectivity index (χ4v) is 3.46. The molecule has 0 bridgehead atoms. The molecule has 116 valence electrons. The molecule has 0 unspecified atom stereocenters. The van der Waals surface area contributed by atoms with E-state index in [-0.39, 0.29) is 16.8 Å². The number of nitrogens with one attached hydrogen (secondary N) is 2. The molecular formula is C15H10BrN3O2S2. The van der Waals surface area contributed by atoms with E-state index in [0.717, 1.165) is 14.7 Å². The van der Waals surface area contributed by atoms with Gasteiger partial charge in [0.1, 0.15) is 5.75 Å². The highest BCUT2D eigenvalue weighted by atomic mass is 79.9. The van der Waals surface area contributed by atoms with Gasteiger partial charge in [-0.15, -0.1) is 0 Å². The number of nitrogens with zero attached hydrogens (tertiary/aromatic N) is 1. The number of carbonyl (C=O) groups is 1. The third kappa shape index (κ3) is 3.84. The number of anilines is 1. The number of hydrogen-bond donors (Lipinski definition) is 3. The summed E-state index contributed by atoms with van der Waals surface area (Å²) in [5.41, 5.74) is 1.24. The second-order valence-electron chi connectivity index (χ2n) is 4.59. The van der Waals surface area contributed by atoms with Crippen LogP contribution in [0, 0.1) is 0 Å². The van der Waals surface area contributed by atoms with Crippen molar-refractivity contribution in [2.75, 3.05) is 5.32 Å². The molecule has 0 saturated heterocycles.